The summed E-state index contributed by atoms with van der Waals surface area (Å²) in [6.45, 7) is 13.9. The zero-order valence-corrected chi connectivity index (χ0v) is 24.6. The van der Waals surface area contributed by atoms with Crippen molar-refractivity contribution in [1.29, 1.82) is 0 Å². The summed E-state index contributed by atoms with van der Waals surface area (Å²) in [6, 6.07) is 23.4. The molecule has 3 aromatic carbocycles. The molecule has 0 nitrogen and oxygen atoms in total. The largest absolute Gasteiger partial charge is 0.147 e. The molecule has 5 heteroatoms. The summed E-state index contributed by atoms with van der Waals surface area (Å²) in [4.78, 5) is 0. The standard InChI is InChI=1S/C27H29Si.3ClH.Ti/c1-18-11-19(2)14-24(13-18)28(6,25-15-20(3)12-21(4)16-25)27-22(5)17-23-9-7-8-10-26(23)27;;;;/h7-17H,1-6H3;3*1H;. The van der Waals surface area contributed by atoms with Crippen LogP contribution in [0.5, 0.6) is 0 Å². The summed E-state index contributed by atoms with van der Waals surface area (Å²) < 4.78 is 0.0179. The maximum absolute atomic E-state index is 2.59. The van der Waals surface area contributed by atoms with Gasteiger partial charge in [-0.2, -0.15) is 0 Å². The van der Waals surface area contributed by atoms with Crippen molar-refractivity contribution in [2.75, 3.05) is 0 Å². The molecule has 1 aliphatic rings. The Hall–Kier alpha value is -0.799. The van der Waals surface area contributed by atoms with E-state index in [2.05, 4.69) is 128 Å². The van der Waals surface area contributed by atoms with E-state index in [0.29, 0.717) is 0 Å². The van der Waals surface area contributed by atoms with Crippen LogP contribution in [0, 0.1) is 27.7 Å². The van der Waals surface area contributed by atoms with E-state index >= 15 is 0 Å². The molecule has 0 N–H and O–H groups in total. The van der Waals surface area contributed by atoms with Crippen LogP contribution in [-0.2, 0) is 23.8 Å². The van der Waals surface area contributed by atoms with Gasteiger partial charge in [-0.05, 0) is 0 Å². The Kier molecular flexibility index (Phi) is 9.72. The van der Waals surface area contributed by atoms with Crippen LogP contribution in [0.1, 0.15) is 40.3 Å². The Morgan fingerprint density at radius 3 is 1.50 bits per heavy atom. The van der Waals surface area contributed by atoms with Crippen molar-refractivity contribution in [3.63, 3.8) is 0 Å². The summed E-state index contributed by atoms with van der Waals surface area (Å²) in [5.41, 5.74) is 9.81. The van der Waals surface area contributed by atoms with Gasteiger partial charge in [-0.15, -0.1) is 37.2 Å². The van der Waals surface area contributed by atoms with Crippen LogP contribution in [0.15, 0.2) is 66.2 Å². The Morgan fingerprint density at radius 1 is 0.656 bits per heavy atom. The second-order valence-electron chi connectivity index (χ2n) is 9.04. The summed E-state index contributed by atoms with van der Waals surface area (Å²) in [5, 5.41) is 3.07. The van der Waals surface area contributed by atoms with E-state index in [4.69, 9.17) is 0 Å². The van der Waals surface area contributed by atoms with Crippen LogP contribution in [0.3, 0.4) is 0 Å². The van der Waals surface area contributed by atoms with Crippen molar-refractivity contribution in [1.82, 2.24) is 0 Å². The fourth-order valence-electron chi connectivity index (χ4n) is 5.31. The molecule has 0 saturated carbocycles. The molecule has 0 bridgehead atoms. The number of halogens is 3. The van der Waals surface area contributed by atoms with Crippen LogP contribution in [0.2, 0.25) is 6.55 Å². The second kappa shape index (κ2) is 10.6. The molecule has 3 aromatic rings. The Morgan fingerprint density at radius 2 is 1.06 bits per heavy atom. The van der Waals surface area contributed by atoms with Crippen LogP contribution in [0.25, 0.3) is 6.08 Å². The molecule has 0 amide bonds. The molecule has 1 unspecified atom stereocenters. The quantitative estimate of drug-likeness (QED) is 0.323. The van der Waals surface area contributed by atoms with E-state index in [0.717, 1.165) is 0 Å². The molecule has 0 aromatic heterocycles. The summed E-state index contributed by atoms with van der Waals surface area (Å²) in [6.07, 6.45) is 2.42. The van der Waals surface area contributed by atoms with Gasteiger partial charge in [0.1, 0.15) is 0 Å². The van der Waals surface area contributed by atoms with Crippen molar-refractivity contribution in [3.8, 4) is 0 Å². The molecule has 1 atom stereocenters. The van der Waals surface area contributed by atoms with Crippen LogP contribution >= 0.6 is 37.2 Å². The predicted molar refractivity (Wildman–Crippen MR) is 146 cm³/mol. The minimum Gasteiger partial charge on any atom is -0.147 e. The fraction of sp³-hybridized carbons (Fsp3) is 0.259. The van der Waals surface area contributed by atoms with Gasteiger partial charge in [-0.1, -0.05) is 0 Å². The molecular weight excluding hydrogens is 507 g/mol. The number of hydrogen-bond acceptors (Lipinski definition) is 0. The van der Waals surface area contributed by atoms with Crippen LogP contribution < -0.4 is 10.4 Å². The first-order valence-electron chi connectivity index (χ1n) is 10.4. The minimum atomic E-state index is -2.20. The topological polar surface area (TPSA) is 0 Å². The summed E-state index contributed by atoms with van der Waals surface area (Å²) in [5.74, 6) is 0. The number of aryl methyl sites for hydroxylation is 4. The second-order valence-corrected chi connectivity index (χ2v) is 15.1. The third-order valence-corrected chi connectivity index (χ3v) is 15.1. The van der Waals surface area contributed by atoms with Gasteiger partial charge in [0.2, 0.25) is 0 Å². The number of benzene rings is 3. The van der Waals surface area contributed by atoms with Crippen molar-refractivity contribution in [2.24, 2.45) is 0 Å². The Balaban J connectivity index is 0.00000171. The van der Waals surface area contributed by atoms with Gasteiger partial charge in [0.05, 0.1) is 0 Å². The van der Waals surface area contributed by atoms with Gasteiger partial charge in [0, 0.05) is 0 Å². The molecule has 32 heavy (non-hydrogen) atoms. The van der Waals surface area contributed by atoms with Crippen molar-refractivity contribution < 1.29 is 20.4 Å². The first kappa shape index (κ1) is 29.2. The van der Waals surface area contributed by atoms with E-state index in [9.17, 15) is 0 Å². The number of fused-ring (bicyclic) bond motifs is 1. The SMILES string of the molecule is CC1=Cc2ccccc2[C]1([Ti])[Si](C)(c1cc(C)cc(C)c1)c1cc(C)cc(C)c1.Cl.Cl.Cl. The maximum Gasteiger partial charge on any atom is -0.147 e. The smallest absolute Gasteiger partial charge is 0.147 e. The third-order valence-electron chi connectivity index (χ3n) is 6.68. The Labute approximate surface area is 225 Å². The van der Waals surface area contributed by atoms with Crippen LogP contribution in [0.4, 0.5) is 0 Å². The first-order valence-corrected chi connectivity index (χ1v) is 13.6. The van der Waals surface area contributed by atoms with Gasteiger partial charge < -0.3 is 0 Å². The third kappa shape index (κ3) is 4.58. The molecule has 1 aliphatic carbocycles. The van der Waals surface area contributed by atoms with Gasteiger partial charge in [-0.25, -0.2) is 0 Å². The van der Waals surface area contributed by atoms with Gasteiger partial charge in [0.15, 0.2) is 0 Å². The van der Waals surface area contributed by atoms with E-state index in [1.54, 1.807) is 0 Å². The summed E-state index contributed by atoms with van der Waals surface area (Å²) in [7, 11) is -2.20. The van der Waals surface area contributed by atoms with Crippen molar-refractivity contribution in [3.05, 3.63) is 99.6 Å². The zero-order chi connectivity index (χ0) is 21.0. The zero-order valence-electron chi connectivity index (χ0n) is 19.6. The molecular formula is C27H32Cl3SiTi. The monoisotopic (exact) mass is 537 g/mol. The van der Waals surface area contributed by atoms with Crippen molar-refractivity contribution in [2.45, 2.75) is 44.5 Å². The van der Waals surface area contributed by atoms with Gasteiger partial charge >= 0.3 is 189 Å². The maximum atomic E-state index is 2.59. The average molecular weight is 539 g/mol. The van der Waals surface area contributed by atoms with Crippen LogP contribution in [-0.4, -0.2) is 8.07 Å². The van der Waals surface area contributed by atoms with Gasteiger partial charge in [-0.3, -0.25) is 0 Å². The van der Waals surface area contributed by atoms with E-state index in [1.807, 2.05) is 0 Å². The minimum absolute atomic E-state index is 0. The summed E-state index contributed by atoms with van der Waals surface area (Å²) >= 11 is 2.51. The van der Waals surface area contributed by atoms with E-state index in [1.165, 1.54) is 49.3 Å². The normalized spacial score (nSPS) is 16.7. The first-order chi connectivity index (χ1) is 13.7. The molecule has 0 heterocycles. The van der Waals surface area contributed by atoms with E-state index < -0.39 is 8.07 Å². The van der Waals surface area contributed by atoms with Crippen molar-refractivity contribution >= 4 is 61.7 Å². The van der Waals surface area contributed by atoms with Gasteiger partial charge in [0.25, 0.3) is 0 Å². The van der Waals surface area contributed by atoms with E-state index in [-0.39, 0.29) is 40.6 Å². The molecule has 0 radical (unpaired) electrons. The molecule has 0 spiro atoms. The average Bonchev–Trinajstić information content (AvgIpc) is 2.91. The molecule has 0 aliphatic heterocycles. The number of rotatable bonds is 3. The predicted octanol–water partition coefficient (Wildman–Crippen LogP) is 6.78. The Bertz CT molecular complexity index is 1060. The molecule has 4 rings (SSSR count). The number of hydrogen-bond donors (Lipinski definition) is 0. The number of allylic oxidation sites excluding steroid dienone is 1. The fourth-order valence-corrected chi connectivity index (χ4v) is 12.0. The molecule has 0 fully saturated rings. The molecule has 169 valence electrons. The molecule has 0 saturated heterocycles.